The molecule has 0 bridgehead atoms. The molecule has 9 nitrogen and oxygen atoms in total. The van der Waals surface area contributed by atoms with Gasteiger partial charge in [-0.05, 0) is 19.1 Å². The van der Waals surface area contributed by atoms with Gasteiger partial charge in [0.05, 0.1) is 38.1 Å². The third kappa shape index (κ3) is 3.04. The Morgan fingerprint density at radius 1 is 1.07 bits per heavy atom. The first-order valence-corrected chi connectivity index (χ1v) is 7.55. The van der Waals surface area contributed by atoms with Crippen molar-refractivity contribution in [3.05, 3.63) is 78.4 Å². The molecule has 0 N–H and O–H groups in total. The highest BCUT2D eigenvalue weighted by Gasteiger charge is 2.39. The molecule has 0 spiro atoms. The van der Waals surface area contributed by atoms with Gasteiger partial charge in [0, 0.05) is 6.07 Å². The smallest absolute Gasteiger partial charge is 0.268 e. The van der Waals surface area contributed by atoms with Crippen LogP contribution in [0.1, 0.15) is 11.4 Å². The van der Waals surface area contributed by atoms with Gasteiger partial charge in [-0.25, -0.2) is 4.98 Å². The average Bonchev–Trinajstić information content (AvgIpc) is 2.61. The summed E-state index contributed by atoms with van der Waals surface area (Å²) in [5, 5.41) is 22.1. The number of para-hydroxylation sites is 1. The van der Waals surface area contributed by atoms with Crippen molar-refractivity contribution in [1.82, 2.24) is 9.55 Å². The fraction of sp³-hybridized carbons (Fsp3) is 0.125. The van der Waals surface area contributed by atoms with E-state index in [2.05, 4.69) is 4.98 Å². The van der Waals surface area contributed by atoms with Gasteiger partial charge in [-0.1, -0.05) is 12.1 Å². The zero-order valence-corrected chi connectivity index (χ0v) is 13.9. The molecule has 144 valence electrons. The number of hydrogen-bond donors (Lipinski definition) is 0. The number of alkyl halides is 3. The monoisotopic (exact) mass is 394 g/mol. The highest BCUT2D eigenvalue weighted by Crippen LogP contribution is 2.34. The molecule has 3 aromatic rings. The molecular formula is C16H9F3N4O5. The number of nitro benzene ring substituents is 2. The lowest BCUT2D eigenvalue weighted by Crippen LogP contribution is -2.29. The SMILES string of the molecule is Cc1c(-n2c(C(F)(F)F)nc3ccccc3c2=O)cc([N+](=O)[O-])cc1[N+](=O)[O-]. The number of non-ortho nitro benzene ring substituents is 1. The zero-order valence-electron chi connectivity index (χ0n) is 13.9. The maximum absolute atomic E-state index is 13.6. The molecule has 0 amide bonds. The molecule has 0 fully saturated rings. The van der Waals surface area contributed by atoms with Crippen molar-refractivity contribution in [2.24, 2.45) is 0 Å². The number of aromatic nitrogens is 2. The molecule has 1 heterocycles. The molecule has 3 rings (SSSR count). The molecule has 0 saturated carbocycles. The summed E-state index contributed by atoms with van der Waals surface area (Å²) in [6, 6.07) is 6.54. The first-order chi connectivity index (χ1) is 13.0. The number of rotatable bonds is 3. The topological polar surface area (TPSA) is 121 Å². The third-order valence-electron chi connectivity index (χ3n) is 4.02. The van der Waals surface area contributed by atoms with Crippen LogP contribution >= 0.6 is 0 Å². The number of nitro groups is 2. The minimum Gasteiger partial charge on any atom is -0.268 e. The lowest BCUT2D eigenvalue weighted by atomic mass is 10.1. The van der Waals surface area contributed by atoms with Gasteiger partial charge in [-0.15, -0.1) is 0 Å². The summed E-state index contributed by atoms with van der Waals surface area (Å²) in [5.74, 6) is -1.64. The molecule has 0 aliphatic rings. The number of nitrogens with zero attached hydrogens (tertiary/aromatic N) is 4. The Labute approximate surface area is 153 Å². The summed E-state index contributed by atoms with van der Waals surface area (Å²) in [5.41, 5.74) is -4.00. The molecule has 12 heteroatoms. The maximum Gasteiger partial charge on any atom is 0.450 e. The number of halogens is 3. The second kappa shape index (κ2) is 6.40. The quantitative estimate of drug-likeness (QED) is 0.495. The van der Waals surface area contributed by atoms with Gasteiger partial charge in [-0.3, -0.25) is 29.6 Å². The van der Waals surface area contributed by atoms with Crippen LogP contribution in [0.2, 0.25) is 0 Å². The van der Waals surface area contributed by atoms with Gasteiger partial charge in [0.15, 0.2) is 0 Å². The zero-order chi connectivity index (χ0) is 20.8. The summed E-state index contributed by atoms with van der Waals surface area (Å²) in [6.07, 6.45) is -5.10. The predicted octanol–water partition coefficient (Wildman–Crippen LogP) is 3.53. The average molecular weight is 394 g/mol. The van der Waals surface area contributed by atoms with Crippen molar-refractivity contribution in [2.45, 2.75) is 13.1 Å². The van der Waals surface area contributed by atoms with Crippen LogP contribution in [0.3, 0.4) is 0 Å². The molecule has 2 aromatic carbocycles. The van der Waals surface area contributed by atoms with Crippen molar-refractivity contribution in [1.29, 1.82) is 0 Å². The molecule has 0 atom stereocenters. The van der Waals surface area contributed by atoms with Gasteiger partial charge >= 0.3 is 6.18 Å². The van der Waals surface area contributed by atoms with Crippen LogP contribution in [0, 0.1) is 27.2 Å². The minimum atomic E-state index is -5.10. The van der Waals surface area contributed by atoms with Crippen molar-refractivity contribution in [3.63, 3.8) is 0 Å². The predicted molar refractivity (Wildman–Crippen MR) is 90.4 cm³/mol. The van der Waals surface area contributed by atoms with Gasteiger partial charge in [0.1, 0.15) is 0 Å². The fourth-order valence-corrected chi connectivity index (χ4v) is 2.74. The van der Waals surface area contributed by atoms with Crippen molar-refractivity contribution in [3.8, 4) is 5.69 Å². The van der Waals surface area contributed by atoms with Crippen LogP contribution in [0.15, 0.2) is 41.2 Å². The Bertz CT molecular complexity index is 1200. The highest BCUT2D eigenvalue weighted by molar-refractivity contribution is 5.78. The van der Waals surface area contributed by atoms with Crippen LogP contribution in [-0.4, -0.2) is 19.4 Å². The van der Waals surface area contributed by atoms with E-state index in [4.69, 9.17) is 0 Å². The van der Waals surface area contributed by atoms with Crippen molar-refractivity contribution < 1.29 is 23.0 Å². The molecule has 0 radical (unpaired) electrons. The normalized spacial score (nSPS) is 11.6. The second-order valence-corrected chi connectivity index (χ2v) is 5.71. The standard InChI is InChI=1S/C16H9F3N4O5/c1-8-12(6-9(22(25)26)7-13(8)23(27)28)21-14(24)10-4-2-3-5-11(10)20-15(21)16(17,18)19/h2-7H,1H3. The first-order valence-electron chi connectivity index (χ1n) is 7.55. The van der Waals surface area contributed by atoms with Crippen LogP contribution in [0.25, 0.3) is 16.6 Å². The number of benzene rings is 2. The molecule has 28 heavy (non-hydrogen) atoms. The Morgan fingerprint density at radius 2 is 1.71 bits per heavy atom. The summed E-state index contributed by atoms with van der Waals surface area (Å²) in [7, 11) is 0. The van der Waals surface area contributed by atoms with Gasteiger partial charge < -0.3 is 0 Å². The Kier molecular flexibility index (Phi) is 4.33. The molecule has 1 aromatic heterocycles. The second-order valence-electron chi connectivity index (χ2n) is 5.71. The molecule has 0 aliphatic carbocycles. The first kappa shape index (κ1) is 18.9. The summed E-state index contributed by atoms with van der Waals surface area (Å²) >= 11 is 0. The Morgan fingerprint density at radius 3 is 2.29 bits per heavy atom. The molecule has 0 aliphatic heterocycles. The van der Waals surface area contributed by atoms with E-state index in [-0.39, 0.29) is 21.0 Å². The van der Waals surface area contributed by atoms with Gasteiger partial charge in [0.25, 0.3) is 16.9 Å². The number of fused-ring (bicyclic) bond motifs is 1. The Hall–Kier alpha value is -3.83. The molecular weight excluding hydrogens is 385 g/mol. The van der Waals surface area contributed by atoms with E-state index in [0.29, 0.717) is 12.1 Å². The Balaban J connectivity index is 2.54. The maximum atomic E-state index is 13.6. The molecule has 0 saturated heterocycles. The van der Waals surface area contributed by atoms with Crippen LogP contribution in [-0.2, 0) is 6.18 Å². The third-order valence-corrected chi connectivity index (χ3v) is 4.02. The van der Waals surface area contributed by atoms with Crippen LogP contribution in [0.4, 0.5) is 24.5 Å². The lowest BCUT2D eigenvalue weighted by Gasteiger charge is -2.17. The van der Waals surface area contributed by atoms with E-state index in [1.165, 1.54) is 24.3 Å². The largest absolute Gasteiger partial charge is 0.450 e. The van der Waals surface area contributed by atoms with E-state index in [9.17, 15) is 38.2 Å². The van der Waals surface area contributed by atoms with Crippen molar-refractivity contribution in [2.75, 3.05) is 0 Å². The van der Waals surface area contributed by atoms with E-state index in [0.717, 1.165) is 6.92 Å². The van der Waals surface area contributed by atoms with Gasteiger partial charge in [0.2, 0.25) is 5.82 Å². The van der Waals surface area contributed by atoms with E-state index in [1.54, 1.807) is 0 Å². The number of hydrogen-bond acceptors (Lipinski definition) is 6. The van der Waals surface area contributed by atoms with E-state index >= 15 is 0 Å². The summed E-state index contributed by atoms with van der Waals surface area (Å²) in [4.78, 5) is 36.6. The van der Waals surface area contributed by atoms with Gasteiger partial charge in [-0.2, -0.15) is 13.2 Å². The van der Waals surface area contributed by atoms with Crippen molar-refractivity contribution >= 4 is 22.3 Å². The van der Waals surface area contributed by atoms with Crippen LogP contribution < -0.4 is 5.56 Å². The summed E-state index contributed by atoms with van der Waals surface area (Å²) < 4.78 is 40.9. The summed E-state index contributed by atoms with van der Waals surface area (Å²) in [6.45, 7) is 1.10. The lowest BCUT2D eigenvalue weighted by molar-refractivity contribution is -0.394. The molecule has 0 unspecified atom stereocenters. The minimum absolute atomic E-state index is 0.123. The van der Waals surface area contributed by atoms with E-state index < -0.39 is 44.5 Å². The van der Waals surface area contributed by atoms with Crippen LogP contribution in [0.5, 0.6) is 0 Å². The van der Waals surface area contributed by atoms with E-state index in [1.807, 2.05) is 0 Å². The fourth-order valence-electron chi connectivity index (χ4n) is 2.74. The highest BCUT2D eigenvalue weighted by atomic mass is 19.4.